The van der Waals surface area contributed by atoms with Gasteiger partial charge in [0.05, 0.1) is 12.5 Å². The summed E-state index contributed by atoms with van der Waals surface area (Å²) in [5, 5.41) is 17.8. The van der Waals surface area contributed by atoms with Gasteiger partial charge in [0.15, 0.2) is 0 Å². The van der Waals surface area contributed by atoms with E-state index < -0.39 is 12.1 Å². The van der Waals surface area contributed by atoms with Gasteiger partial charge >= 0.3 is 5.97 Å². The van der Waals surface area contributed by atoms with E-state index in [1.165, 1.54) is 11.3 Å². The number of carboxylic acids is 1. The minimum absolute atomic E-state index is 0.302. The maximum atomic E-state index is 10.3. The maximum Gasteiger partial charge on any atom is 0.306 e. The van der Waals surface area contributed by atoms with Crippen LogP contribution in [0.5, 0.6) is 0 Å². The van der Waals surface area contributed by atoms with E-state index >= 15 is 0 Å². The van der Waals surface area contributed by atoms with Crippen LogP contribution in [0.4, 0.5) is 0 Å². The Balaban J connectivity index is 2.77. The first kappa shape index (κ1) is 11.0. The Hall–Kier alpha value is -0.100. The highest BCUT2D eigenvalue weighted by Crippen LogP contribution is 2.35. The second-order valence-electron chi connectivity index (χ2n) is 2.38. The second-order valence-corrected chi connectivity index (χ2v) is 4.92. The van der Waals surface area contributed by atoms with E-state index in [0.717, 1.165) is 0 Å². The van der Waals surface area contributed by atoms with E-state index in [2.05, 4.69) is 15.9 Å². The van der Waals surface area contributed by atoms with Gasteiger partial charge in [0, 0.05) is 9.35 Å². The average molecular weight is 286 g/mol. The van der Waals surface area contributed by atoms with Crippen molar-refractivity contribution in [2.75, 3.05) is 0 Å². The molecule has 0 spiro atoms. The summed E-state index contributed by atoms with van der Waals surface area (Å²) < 4.78 is 1.19. The SMILES string of the molecule is O=C(O)C[C@H](O)c1cc(Br)c(Cl)s1. The van der Waals surface area contributed by atoms with Crippen molar-refractivity contribution in [1.82, 2.24) is 0 Å². The quantitative estimate of drug-likeness (QED) is 0.897. The third-order valence-corrected chi connectivity index (χ3v) is 3.94. The molecule has 0 bridgehead atoms. The Morgan fingerprint density at radius 2 is 2.38 bits per heavy atom. The number of hydrogen-bond acceptors (Lipinski definition) is 3. The van der Waals surface area contributed by atoms with Gasteiger partial charge in [-0.1, -0.05) is 11.6 Å². The minimum atomic E-state index is -1.03. The third-order valence-electron chi connectivity index (χ3n) is 1.36. The van der Waals surface area contributed by atoms with E-state index in [9.17, 15) is 9.90 Å². The zero-order valence-electron chi connectivity index (χ0n) is 6.33. The first-order chi connectivity index (χ1) is 6.00. The van der Waals surface area contributed by atoms with Gasteiger partial charge in [-0.2, -0.15) is 0 Å². The molecule has 6 heteroatoms. The van der Waals surface area contributed by atoms with E-state index in [4.69, 9.17) is 16.7 Å². The first-order valence-electron chi connectivity index (χ1n) is 3.35. The Morgan fingerprint density at radius 1 is 1.77 bits per heavy atom. The lowest BCUT2D eigenvalue weighted by Gasteiger charge is -2.02. The predicted octanol–water partition coefficient (Wildman–Crippen LogP) is 2.67. The van der Waals surface area contributed by atoms with Gasteiger partial charge < -0.3 is 10.2 Å². The van der Waals surface area contributed by atoms with Crippen molar-refractivity contribution in [3.63, 3.8) is 0 Å². The molecule has 0 amide bonds. The lowest BCUT2D eigenvalue weighted by Crippen LogP contribution is -2.03. The number of halogens is 2. The molecule has 0 unspecified atom stereocenters. The highest BCUT2D eigenvalue weighted by atomic mass is 79.9. The lowest BCUT2D eigenvalue weighted by molar-refractivity contribution is -0.139. The number of thiophene rings is 1. The monoisotopic (exact) mass is 284 g/mol. The van der Waals surface area contributed by atoms with E-state index in [1.807, 2.05) is 0 Å². The topological polar surface area (TPSA) is 57.5 Å². The Morgan fingerprint density at radius 3 is 2.77 bits per heavy atom. The predicted molar refractivity (Wildman–Crippen MR) is 54.2 cm³/mol. The fraction of sp³-hybridized carbons (Fsp3) is 0.286. The molecular formula is C7H6BrClO3S. The molecule has 0 aliphatic rings. The second kappa shape index (κ2) is 4.41. The molecule has 2 N–H and O–H groups in total. The van der Waals surface area contributed by atoms with Crippen molar-refractivity contribution in [1.29, 1.82) is 0 Å². The van der Waals surface area contributed by atoms with Crippen LogP contribution in [-0.2, 0) is 4.79 Å². The van der Waals surface area contributed by atoms with Gasteiger partial charge in [-0.05, 0) is 22.0 Å². The van der Waals surface area contributed by atoms with Gasteiger partial charge in [0.2, 0.25) is 0 Å². The number of hydrogen-bond donors (Lipinski definition) is 2. The van der Waals surface area contributed by atoms with Gasteiger partial charge in [0.1, 0.15) is 4.34 Å². The van der Waals surface area contributed by atoms with Crippen LogP contribution in [0.2, 0.25) is 4.34 Å². The summed E-state index contributed by atoms with van der Waals surface area (Å²) in [5.74, 6) is -1.03. The van der Waals surface area contributed by atoms with Gasteiger partial charge in [0.25, 0.3) is 0 Å². The fourth-order valence-corrected chi connectivity index (χ4v) is 2.52. The van der Waals surface area contributed by atoms with E-state index in [1.54, 1.807) is 6.07 Å². The molecule has 0 saturated heterocycles. The minimum Gasteiger partial charge on any atom is -0.481 e. The van der Waals surface area contributed by atoms with Gasteiger partial charge in [-0.25, -0.2) is 0 Å². The van der Waals surface area contributed by atoms with Crippen molar-refractivity contribution >= 4 is 44.8 Å². The van der Waals surface area contributed by atoms with Crippen LogP contribution < -0.4 is 0 Å². The summed E-state index contributed by atoms with van der Waals surface area (Å²) in [6, 6.07) is 1.63. The zero-order valence-corrected chi connectivity index (χ0v) is 9.49. The fourth-order valence-electron chi connectivity index (χ4n) is 0.794. The van der Waals surface area contributed by atoms with Crippen molar-refractivity contribution in [3.8, 4) is 0 Å². The highest BCUT2D eigenvalue weighted by Gasteiger charge is 2.15. The molecule has 0 saturated carbocycles. The molecule has 0 fully saturated rings. The molecule has 0 radical (unpaired) electrons. The Kier molecular flexibility index (Phi) is 3.73. The summed E-state index contributed by atoms with van der Waals surface area (Å²) in [6.45, 7) is 0. The number of carbonyl (C=O) groups is 1. The normalized spacial score (nSPS) is 12.8. The van der Waals surface area contributed by atoms with Crippen molar-refractivity contribution in [2.24, 2.45) is 0 Å². The molecule has 13 heavy (non-hydrogen) atoms. The number of rotatable bonds is 3. The van der Waals surface area contributed by atoms with Crippen LogP contribution in [0.15, 0.2) is 10.5 Å². The van der Waals surface area contributed by atoms with Crippen LogP contribution in [0, 0.1) is 0 Å². The molecule has 1 aromatic heterocycles. The lowest BCUT2D eigenvalue weighted by atomic mass is 10.2. The highest BCUT2D eigenvalue weighted by molar-refractivity contribution is 9.10. The molecule has 0 aliphatic heterocycles. The Labute approximate surface area is 92.1 Å². The standard InChI is InChI=1S/C7H6BrClO3S/c8-3-1-5(13-7(3)9)4(10)2-6(11)12/h1,4,10H,2H2,(H,11,12)/t4-/m0/s1. The van der Waals surface area contributed by atoms with Crippen LogP contribution in [0.25, 0.3) is 0 Å². The summed E-state index contributed by atoms with van der Waals surface area (Å²) in [7, 11) is 0. The summed E-state index contributed by atoms with van der Waals surface area (Å²) in [4.78, 5) is 10.8. The first-order valence-corrected chi connectivity index (χ1v) is 5.34. The molecule has 1 heterocycles. The third kappa shape index (κ3) is 2.95. The molecule has 1 aromatic rings. The van der Waals surface area contributed by atoms with Crippen LogP contribution in [0.1, 0.15) is 17.4 Å². The van der Waals surface area contributed by atoms with Crippen LogP contribution >= 0.6 is 38.9 Å². The number of aliphatic carboxylic acids is 1. The summed E-state index contributed by atoms with van der Waals surface area (Å²) >= 11 is 10.1. The number of carboxylic acid groups (broad SMARTS) is 1. The van der Waals surface area contributed by atoms with Gasteiger partial charge in [-0.15, -0.1) is 11.3 Å². The number of aliphatic hydroxyl groups is 1. The van der Waals surface area contributed by atoms with Crippen LogP contribution in [0.3, 0.4) is 0 Å². The van der Waals surface area contributed by atoms with Crippen molar-refractivity contribution in [3.05, 3.63) is 19.8 Å². The summed E-state index contributed by atoms with van der Waals surface area (Å²) in [5.41, 5.74) is 0. The van der Waals surface area contributed by atoms with E-state index in [-0.39, 0.29) is 6.42 Å². The molecule has 0 aromatic carbocycles. The molecule has 72 valence electrons. The van der Waals surface area contributed by atoms with Crippen molar-refractivity contribution < 1.29 is 15.0 Å². The molecule has 1 rings (SSSR count). The largest absolute Gasteiger partial charge is 0.481 e. The van der Waals surface area contributed by atoms with Gasteiger partial charge in [-0.3, -0.25) is 4.79 Å². The average Bonchev–Trinajstić information content (AvgIpc) is 2.31. The smallest absolute Gasteiger partial charge is 0.306 e. The molecule has 0 aliphatic carbocycles. The Bertz CT molecular complexity index is 306. The maximum absolute atomic E-state index is 10.3. The van der Waals surface area contributed by atoms with E-state index in [0.29, 0.717) is 13.7 Å². The van der Waals surface area contributed by atoms with Crippen molar-refractivity contribution in [2.45, 2.75) is 12.5 Å². The summed E-state index contributed by atoms with van der Waals surface area (Å²) in [6.07, 6.45) is -1.28. The molecule has 3 nitrogen and oxygen atoms in total. The zero-order chi connectivity index (χ0) is 10.0. The number of aliphatic hydroxyl groups excluding tert-OH is 1. The van der Waals surface area contributed by atoms with Crippen LogP contribution in [-0.4, -0.2) is 16.2 Å². The molecular weight excluding hydrogens is 279 g/mol. The molecule has 1 atom stereocenters.